The number of nitrogens with zero attached hydrogens (tertiary/aromatic N) is 4. The van der Waals surface area contributed by atoms with Crippen molar-refractivity contribution >= 4 is 66.4 Å². The van der Waals surface area contributed by atoms with Gasteiger partial charge < -0.3 is 96.3 Å². The fourth-order valence-corrected chi connectivity index (χ4v) is 8.23. The van der Waals surface area contributed by atoms with Gasteiger partial charge in [-0.1, -0.05) is 84.9 Å². The number of nitrogen functional groups attached to an aromatic ring is 4. The number of fused-ring (bicyclic) bond motifs is 4. The van der Waals surface area contributed by atoms with Crippen LogP contribution < -0.4 is 109 Å². The van der Waals surface area contributed by atoms with Crippen molar-refractivity contribution in [2.24, 2.45) is 0 Å². The molecule has 0 unspecified atom stereocenters. The summed E-state index contributed by atoms with van der Waals surface area (Å²) in [6.07, 6.45) is 8.25. The number of nitrogens with two attached hydrogens (primary N) is 4. The molecule has 10 aromatic rings. The Morgan fingerprint density at radius 1 is 0.277 bits per heavy atom. The minimum Gasteiger partial charge on any atom is -1.00 e. The van der Waals surface area contributed by atoms with Crippen LogP contribution in [-0.4, -0.2) is 5.48 Å². The molecule has 0 fully saturated rings. The average Bonchev–Trinajstić information content (AvgIpc) is 3.28. The summed E-state index contributed by atoms with van der Waals surface area (Å²) in [6, 6.07) is 58.5. The van der Waals surface area contributed by atoms with E-state index in [-0.39, 0.29) is 73.4 Å². The molecule has 0 aliphatic carbocycles. The number of halogens is 4. The summed E-state index contributed by atoms with van der Waals surface area (Å²) in [5.74, 6) is 0. The molecule has 0 bridgehead atoms. The zero-order valence-electron chi connectivity index (χ0n) is 35.4. The van der Waals surface area contributed by atoms with Crippen LogP contribution in [0.25, 0.3) is 43.6 Å². The Balaban J connectivity index is 0.000000264. The van der Waals surface area contributed by atoms with Crippen LogP contribution in [0.3, 0.4) is 0 Å². The number of benzene rings is 6. The molecule has 6 aromatic carbocycles. The molecule has 9 nitrogen and oxygen atoms in total. The molecule has 4 heterocycles. The molecule has 65 heavy (non-hydrogen) atoms. The Bertz CT molecular complexity index is 2790. The van der Waals surface area contributed by atoms with E-state index in [4.69, 9.17) is 22.9 Å². The van der Waals surface area contributed by atoms with Gasteiger partial charge in [0.05, 0.1) is 44.3 Å². The maximum Gasteiger partial charge on any atom is 0.214 e. The number of hydrogen-bond donors (Lipinski definition) is 4. The van der Waals surface area contributed by atoms with Crippen molar-refractivity contribution in [2.75, 3.05) is 22.9 Å². The van der Waals surface area contributed by atoms with E-state index in [1.54, 1.807) is 0 Å². The first kappa shape index (κ1) is 51.7. The third-order valence-corrected chi connectivity index (χ3v) is 11.2. The Morgan fingerprint density at radius 3 is 0.723 bits per heavy atom. The summed E-state index contributed by atoms with van der Waals surface area (Å²) in [5, 5.41) is 4.33. The third kappa shape index (κ3) is 11.5. The van der Waals surface area contributed by atoms with Crippen LogP contribution in [0.4, 0.5) is 22.7 Å². The molecule has 0 aliphatic rings. The quantitative estimate of drug-likeness (QED) is 0.113. The van der Waals surface area contributed by atoms with E-state index in [1.165, 1.54) is 22.3 Å². The Hall–Kier alpha value is -5.96. The summed E-state index contributed by atoms with van der Waals surface area (Å²) in [7, 11) is 0. The molecular formula is C52H50Br4N8O. The standard InChI is InChI=1S/2C26H22N4.4BrH.H2O/c2*27-23-12-14-29(25-10-3-1-8-21(23)25)17-19-6-5-7-20(16-19)18-30-15-13-24(28)22-9-2-4-11-26(22)30;;;;;/h2*1-16,27-28H,17-18H2;4*1H;1H2. The van der Waals surface area contributed by atoms with Crippen molar-refractivity contribution < 1.29 is 91.7 Å². The highest BCUT2D eigenvalue weighted by molar-refractivity contribution is 5.89. The largest absolute Gasteiger partial charge is 1.00 e. The predicted molar refractivity (Wildman–Crippen MR) is 247 cm³/mol. The second kappa shape index (κ2) is 23.3. The molecule has 10 N–H and O–H groups in total. The molecule has 0 saturated carbocycles. The molecule has 0 spiro atoms. The van der Waals surface area contributed by atoms with Crippen molar-refractivity contribution in [3.63, 3.8) is 0 Å². The molecule has 0 amide bonds. The summed E-state index contributed by atoms with van der Waals surface area (Å²) in [5.41, 5.74) is 37.5. The molecule has 0 aliphatic heterocycles. The molecule has 13 heteroatoms. The number of aromatic nitrogens is 4. The van der Waals surface area contributed by atoms with Crippen LogP contribution in [-0.2, 0) is 26.2 Å². The molecule has 0 saturated heterocycles. The molecule has 0 radical (unpaired) electrons. The van der Waals surface area contributed by atoms with Crippen molar-refractivity contribution in [1.82, 2.24) is 0 Å². The summed E-state index contributed by atoms with van der Waals surface area (Å²) in [6.45, 7) is 3.17. The highest BCUT2D eigenvalue weighted by atomic mass is 79.9. The summed E-state index contributed by atoms with van der Waals surface area (Å²) >= 11 is 0. The highest BCUT2D eigenvalue weighted by Gasteiger charge is 2.17. The second-order valence-corrected chi connectivity index (χ2v) is 15.3. The number of rotatable bonds is 8. The highest BCUT2D eigenvalue weighted by Crippen LogP contribution is 2.21. The number of para-hydroxylation sites is 4. The van der Waals surface area contributed by atoms with Gasteiger partial charge in [0.2, 0.25) is 22.1 Å². The lowest BCUT2D eigenvalue weighted by Gasteiger charge is -2.06. The van der Waals surface area contributed by atoms with E-state index < -0.39 is 0 Å². The van der Waals surface area contributed by atoms with Gasteiger partial charge in [-0.2, -0.15) is 18.3 Å². The maximum atomic E-state index is 6.16. The first-order valence-corrected chi connectivity index (χ1v) is 20.2. The first-order chi connectivity index (χ1) is 29.4. The van der Waals surface area contributed by atoms with Gasteiger partial charge in [-0.05, 0) is 36.4 Å². The van der Waals surface area contributed by atoms with E-state index in [0.29, 0.717) is 0 Å². The van der Waals surface area contributed by atoms with Crippen molar-refractivity contribution in [1.29, 1.82) is 0 Å². The van der Waals surface area contributed by atoms with Gasteiger partial charge in [-0.15, -0.1) is 0 Å². The molecule has 0 atom stereocenters. The Labute approximate surface area is 421 Å². The monoisotopic (exact) mass is 1120 g/mol. The SMILES string of the molecule is Nc1cc[n+](Cc2cccc(C[n+]3ccc(N)c4ccccc43)c2)c2ccccc12.Nc1cc[n+](Cc2cccc(C[n+]3ccc(N)c4ccccc43)c2)c2ccccc12.O.[Br-].[Br-].[Br-].[Br-]. The minimum atomic E-state index is 0. The van der Waals surface area contributed by atoms with Crippen LogP contribution in [0.2, 0.25) is 0 Å². The van der Waals surface area contributed by atoms with E-state index in [0.717, 1.165) is 92.5 Å². The summed E-state index contributed by atoms with van der Waals surface area (Å²) in [4.78, 5) is 0. The minimum absolute atomic E-state index is 0. The van der Waals surface area contributed by atoms with Crippen LogP contribution in [0.15, 0.2) is 195 Å². The zero-order valence-corrected chi connectivity index (χ0v) is 41.8. The van der Waals surface area contributed by atoms with Gasteiger partial charge in [0.25, 0.3) is 0 Å². The van der Waals surface area contributed by atoms with Crippen molar-refractivity contribution in [3.8, 4) is 0 Å². The maximum absolute atomic E-state index is 6.16. The molecule has 10 rings (SSSR count). The first-order valence-electron chi connectivity index (χ1n) is 20.2. The molecular weight excluding hydrogens is 1070 g/mol. The number of pyridine rings is 4. The van der Waals surface area contributed by atoms with Gasteiger partial charge in [0, 0.05) is 70.8 Å². The van der Waals surface area contributed by atoms with E-state index in [9.17, 15) is 0 Å². The van der Waals surface area contributed by atoms with Crippen LogP contribution in [0, 0.1) is 0 Å². The Morgan fingerprint density at radius 2 is 0.492 bits per heavy atom. The van der Waals surface area contributed by atoms with E-state index in [1.807, 2.05) is 48.5 Å². The lowest BCUT2D eigenvalue weighted by atomic mass is 10.1. The normalized spacial score (nSPS) is 10.3. The fourth-order valence-electron chi connectivity index (χ4n) is 8.23. The zero-order chi connectivity index (χ0) is 41.0. The predicted octanol–water partition coefficient (Wildman–Crippen LogP) is -5.15. The molecule has 4 aromatic heterocycles. The fraction of sp³-hybridized carbons (Fsp3) is 0.0769. The third-order valence-electron chi connectivity index (χ3n) is 11.2. The van der Waals surface area contributed by atoms with Crippen LogP contribution in [0.1, 0.15) is 22.3 Å². The van der Waals surface area contributed by atoms with E-state index >= 15 is 0 Å². The van der Waals surface area contributed by atoms with Gasteiger partial charge in [-0.25, -0.2) is 0 Å². The van der Waals surface area contributed by atoms with Gasteiger partial charge in [0.15, 0.2) is 51.0 Å². The topological polar surface area (TPSA) is 151 Å². The number of hydrogen-bond acceptors (Lipinski definition) is 4. The van der Waals surface area contributed by atoms with Crippen molar-refractivity contribution in [3.05, 3.63) is 217 Å². The smallest absolute Gasteiger partial charge is 0.214 e. The second-order valence-electron chi connectivity index (χ2n) is 15.3. The van der Waals surface area contributed by atoms with Crippen molar-refractivity contribution in [2.45, 2.75) is 26.2 Å². The molecule has 332 valence electrons. The lowest BCUT2D eigenvalue weighted by Crippen LogP contribution is -3.00. The van der Waals surface area contributed by atoms with Crippen LogP contribution >= 0.6 is 0 Å². The van der Waals surface area contributed by atoms with Gasteiger partial charge in [0.1, 0.15) is 0 Å². The van der Waals surface area contributed by atoms with E-state index in [2.05, 4.69) is 164 Å². The average molecular weight is 1120 g/mol. The van der Waals surface area contributed by atoms with Gasteiger partial charge in [-0.3, -0.25) is 0 Å². The number of anilines is 4. The van der Waals surface area contributed by atoms with Crippen LogP contribution in [0.5, 0.6) is 0 Å². The summed E-state index contributed by atoms with van der Waals surface area (Å²) < 4.78 is 8.99. The van der Waals surface area contributed by atoms with Gasteiger partial charge >= 0.3 is 0 Å². The Kier molecular flexibility index (Phi) is 18.5. The lowest BCUT2D eigenvalue weighted by molar-refractivity contribution is -0.663.